The van der Waals surface area contributed by atoms with Crippen LogP contribution in [0.2, 0.25) is 5.02 Å². The Labute approximate surface area is 103 Å². The Hall–Kier alpha value is -1.00. The summed E-state index contributed by atoms with van der Waals surface area (Å²) in [7, 11) is 0. The predicted molar refractivity (Wildman–Crippen MR) is 63.5 cm³/mol. The molecule has 0 fully saturated rings. The Kier molecular flexibility index (Phi) is 4.83. The highest BCUT2D eigenvalue weighted by atomic mass is 35.5. The zero-order valence-electron chi connectivity index (χ0n) is 8.65. The maximum atomic E-state index is 10.7. The molecule has 0 spiro atoms. The van der Waals surface area contributed by atoms with Crippen molar-refractivity contribution in [1.82, 2.24) is 0 Å². The molecule has 0 aliphatic carbocycles. The largest absolute Gasteiger partial charge is 0.485 e. The number of rotatable bonds is 5. The van der Waals surface area contributed by atoms with E-state index in [-0.39, 0.29) is 22.4 Å². The van der Waals surface area contributed by atoms with Crippen molar-refractivity contribution in [2.24, 2.45) is 5.92 Å². The number of para-hydroxylation sites is 1. The number of alkyl halides is 1. The van der Waals surface area contributed by atoms with E-state index in [1.165, 1.54) is 12.1 Å². The van der Waals surface area contributed by atoms with Gasteiger partial charge in [0.05, 0.1) is 16.6 Å². The third kappa shape index (κ3) is 3.25. The fourth-order valence-electron chi connectivity index (χ4n) is 1.05. The van der Waals surface area contributed by atoms with E-state index in [9.17, 15) is 10.1 Å². The lowest BCUT2D eigenvalue weighted by Gasteiger charge is -2.11. The van der Waals surface area contributed by atoms with Gasteiger partial charge in [-0.1, -0.05) is 24.6 Å². The van der Waals surface area contributed by atoms with Gasteiger partial charge in [-0.05, 0) is 6.07 Å². The molecule has 0 N–H and O–H groups in total. The van der Waals surface area contributed by atoms with Gasteiger partial charge < -0.3 is 4.74 Å². The van der Waals surface area contributed by atoms with Crippen LogP contribution in [0.1, 0.15) is 6.92 Å². The number of halogens is 2. The Morgan fingerprint density at radius 2 is 2.25 bits per heavy atom. The second-order valence-electron chi connectivity index (χ2n) is 3.42. The molecule has 88 valence electrons. The number of hydrogen-bond acceptors (Lipinski definition) is 3. The van der Waals surface area contributed by atoms with Gasteiger partial charge in [0, 0.05) is 17.9 Å². The van der Waals surface area contributed by atoms with Crippen molar-refractivity contribution in [2.75, 3.05) is 12.5 Å². The van der Waals surface area contributed by atoms with Crippen LogP contribution in [0.5, 0.6) is 5.75 Å². The fourth-order valence-corrected chi connectivity index (χ4v) is 1.37. The molecule has 0 aliphatic rings. The molecule has 6 heteroatoms. The average Bonchev–Trinajstić information content (AvgIpc) is 2.26. The lowest BCUT2D eigenvalue weighted by molar-refractivity contribution is -0.385. The van der Waals surface area contributed by atoms with E-state index in [4.69, 9.17) is 27.9 Å². The van der Waals surface area contributed by atoms with Crippen LogP contribution < -0.4 is 4.74 Å². The SMILES string of the molecule is CC(CCl)COc1c(Cl)cccc1[N+](=O)[O-]. The lowest BCUT2D eigenvalue weighted by atomic mass is 10.2. The van der Waals surface area contributed by atoms with Crippen molar-refractivity contribution in [3.8, 4) is 5.75 Å². The van der Waals surface area contributed by atoms with E-state index in [0.717, 1.165) is 0 Å². The van der Waals surface area contributed by atoms with Gasteiger partial charge in [0.25, 0.3) is 0 Å². The molecule has 0 saturated heterocycles. The summed E-state index contributed by atoms with van der Waals surface area (Å²) in [6.45, 7) is 2.18. The van der Waals surface area contributed by atoms with Crippen molar-refractivity contribution in [2.45, 2.75) is 6.92 Å². The van der Waals surface area contributed by atoms with Gasteiger partial charge in [-0.15, -0.1) is 11.6 Å². The first kappa shape index (κ1) is 13.1. The van der Waals surface area contributed by atoms with Crippen LogP contribution in [0.15, 0.2) is 18.2 Å². The monoisotopic (exact) mass is 263 g/mol. The van der Waals surface area contributed by atoms with Gasteiger partial charge in [-0.25, -0.2) is 0 Å². The van der Waals surface area contributed by atoms with Crippen LogP contribution in [0, 0.1) is 16.0 Å². The minimum absolute atomic E-state index is 0.103. The minimum Gasteiger partial charge on any atom is -0.485 e. The van der Waals surface area contributed by atoms with Crippen LogP contribution in [-0.2, 0) is 0 Å². The van der Waals surface area contributed by atoms with Crippen LogP contribution in [0.25, 0.3) is 0 Å². The minimum atomic E-state index is -0.521. The summed E-state index contributed by atoms with van der Waals surface area (Å²) in [5.74, 6) is 0.641. The van der Waals surface area contributed by atoms with Crippen LogP contribution in [-0.4, -0.2) is 17.4 Å². The summed E-state index contributed by atoms with van der Waals surface area (Å²) in [5, 5.41) is 11.0. The second kappa shape index (κ2) is 5.92. The maximum absolute atomic E-state index is 10.7. The molecule has 0 aliphatic heterocycles. The first-order valence-corrected chi connectivity index (χ1v) is 5.59. The van der Waals surface area contributed by atoms with E-state index in [1.54, 1.807) is 6.07 Å². The molecule has 0 bridgehead atoms. The Balaban J connectivity index is 2.88. The van der Waals surface area contributed by atoms with Gasteiger partial charge in [-0.2, -0.15) is 0 Å². The molecular formula is C10H11Cl2NO3. The highest BCUT2D eigenvalue weighted by Gasteiger charge is 2.18. The molecule has 4 nitrogen and oxygen atoms in total. The summed E-state index contributed by atoms with van der Waals surface area (Å²) < 4.78 is 5.32. The zero-order chi connectivity index (χ0) is 12.1. The van der Waals surface area contributed by atoms with Crippen molar-refractivity contribution in [1.29, 1.82) is 0 Å². The fraction of sp³-hybridized carbons (Fsp3) is 0.400. The van der Waals surface area contributed by atoms with E-state index in [1.807, 2.05) is 6.92 Å². The Bertz CT molecular complexity index is 384. The first-order chi connectivity index (χ1) is 7.56. The summed E-state index contributed by atoms with van der Waals surface area (Å²) in [5.41, 5.74) is -0.130. The normalized spacial score (nSPS) is 12.2. The highest BCUT2D eigenvalue weighted by Crippen LogP contribution is 2.34. The van der Waals surface area contributed by atoms with Gasteiger partial charge >= 0.3 is 5.69 Å². The van der Waals surface area contributed by atoms with Crippen LogP contribution in [0.4, 0.5) is 5.69 Å². The van der Waals surface area contributed by atoms with E-state index >= 15 is 0 Å². The molecule has 0 amide bonds. The molecule has 1 aromatic carbocycles. The summed E-state index contributed by atoms with van der Waals surface area (Å²) in [6, 6.07) is 4.42. The molecular weight excluding hydrogens is 253 g/mol. The number of benzene rings is 1. The lowest BCUT2D eigenvalue weighted by Crippen LogP contribution is -2.10. The average molecular weight is 264 g/mol. The molecule has 0 heterocycles. The van der Waals surface area contributed by atoms with Crippen molar-refractivity contribution < 1.29 is 9.66 Å². The van der Waals surface area contributed by atoms with Gasteiger partial charge in [-0.3, -0.25) is 10.1 Å². The number of nitrogens with zero attached hydrogens (tertiary/aromatic N) is 1. The Morgan fingerprint density at radius 3 is 2.81 bits per heavy atom. The number of ether oxygens (including phenoxy) is 1. The molecule has 0 saturated carbocycles. The highest BCUT2D eigenvalue weighted by molar-refractivity contribution is 6.32. The zero-order valence-corrected chi connectivity index (χ0v) is 10.2. The molecule has 1 unspecified atom stereocenters. The number of nitro groups is 1. The maximum Gasteiger partial charge on any atom is 0.312 e. The number of hydrogen-bond donors (Lipinski definition) is 0. The summed E-state index contributed by atoms with van der Waals surface area (Å²) in [4.78, 5) is 10.2. The second-order valence-corrected chi connectivity index (χ2v) is 4.13. The van der Waals surface area contributed by atoms with Crippen molar-refractivity contribution in [3.63, 3.8) is 0 Å². The van der Waals surface area contributed by atoms with Crippen LogP contribution >= 0.6 is 23.2 Å². The summed E-state index contributed by atoms with van der Waals surface area (Å²) >= 11 is 11.5. The number of nitro benzene ring substituents is 1. The molecule has 1 atom stereocenters. The molecule has 1 aromatic rings. The third-order valence-corrected chi connectivity index (χ3v) is 2.74. The molecule has 0 radical (unpaired) electrons. The molecule has 1 rings (SSSR count). The third-order valence-electron chi connectivity index (χ3n) is 1.92. The standard InChI is InChI=1S/C10H11Cl2NO3/c1-7(5-11)6-16-10-8(12)3-2-4-9(10)13(14)15/h2-4,7H,5-6H2,1H3. The van der Waals surface area contributed by atoms with Gasteiger partial charge in [0.15, 0.2) is 0 Å². The smallest absolute Gasteiger partial charge is 0.312 e. The molecule has 0 aromatic heterocycles. The van der Waals surface area contributed by atoms with Crippen molar-refractivity contribution >= 4 is 28.9 Å². The van der Waals surface area contributed by atoms with Crippen molar-refractivity contribution in [3.05, 3.63) is 33.3 Å². The van der Waals surface area contributed by atoms with E-state index < -0.39 is 4.92 Å². The van der Waals surface area contributed by atoms with Gasteiger partial charge in [0.1, 0.15) is 0 Å². The summed E-state index contributed by atoms with van der Waals surface area (Å²) in [6.07, 6.45) is 0. The molecule has 16 heavy (non-hydrogen) atoms. The van der Waals surface area contributed by atoms with Crippen LogP contribution in [0.3, 0.4) is 0 Å². The van der Waals surface area contributed by atoms with E-state index in [0.29, 0.717) is 12.5 Å². The predicted octanol–water partition coefficient (Wildman–Crippen LogP) is 3.50. The topological polar surface area (TPSA) is 52.4 Å². The Morgan fingerprint density at radius 1 is 1.56 bits per heavy atom. The van der Waals surface area contributed by atoms with Gasteiger partial charge in [0.2, 0.25) is 5.75 Å². The quantitative estimate of drug-likeness (QED) is 0.464. The first-order valence-electron chi connectivity index (χ1n) is 4.68. The van der Waals surface area contributed by atoms with E-state index in [2.05, 4.69) is 0 Å².